The van der Waals surface area contributed by atoms with Crippen LogP contribution in [-0.4, -0.2) is 39.0 Å². The van der Waals surface area contributed by atoms with Crippen molar-refractivity contribution in [2.24, 2.45) is 11.8 Å². The number of aliphatic hydroxyl groups excluding tert-OH is 1. The zero-order valence-electron chi connectivity index (χ0n) is 15.5. The van der Waals surface area contributed by atoms with Gasteiger partial charge in [0.15, 0.2) is 29.3 Å². The molecule has 3 atom stereocenters. The van der Waals surface area contributed by atoms with Crippen molar-refractivity contribution >= 4 is 0 Å². The highest BCUT2D eigenvalue weighted by atomic mass is 16.7. The number of hydrogen-bond acceptors (Lipinski definition) is 6. The normalized spacial score (nSPS) is 23.4. The Bertz CT molecular complexity index is 805. The molecule has 0 unspecified atom stereocenters. The first-order valence-electron chi connectivity index (χ1n) is 9.07. The van der Waals surface area contributed by atoms with E-state index in [4.69, 9.17) is 23.7 Å². The largest absolute Gasteiger partial charge is 0.493 e. The summed E-state index contributed by atoms with van der Waals surface area (Å²) < 4.78 is 27.1. The third-order valence-corrected chi connectivity index (χ3v) is 5.31. The van der Waals surface area contributed by atoms with E-state index in [0.717, 1.165) is 29.0 Å². The van der Waals surface area contributed by atoms with Gasteiger partial charge in [0.05, 0.1) is 20.8 Å². The van der Waals surface area contributed by atoms with E-state index in [9.17, 15) is 5.11 Å². The third-order valence-electron chi connectivity index (χ3n) is 5.31. The summed E-state index contributed by atoms with van der Waals surface area (Å²) in [6.07, 6.45) is 0.750. The second-order valence-electron chi connectivity index (χ2n) is 6.93. The molecule has 0 bridgehead atoms. The van der Waals surface area contributed by atoms with Crippen LogP contribution in [0.1, 0.15) is 11.1 Å². The van der Waals surface area contributed by atoms with E-state index in [1.165, 1.54) is 0 Å². The molecule has 27 heavy (non-hydrogen) atoms. The molecule has 2 aromatic rings. The van der Waals surface area contributed by atoms with E-state index < -0.39 is 6.29 Å². The first-order valence-corrected chi connectivity index (χ1v) is 9.07. The molecule has 0 amide bonds. The summed E-state index contributed by atoms with van der Waals surface area (Å²) in [6.45, 7) is 0.805. The Morgan fingerprint density at radius 1 is 0.926 bits per heavy atom. The van der Waals surface area contributed by atoms with Gasteiger partial charge in [0.2, 0.25) is 6.79 Å². The summed E-state index contributed by atoms with van der Waals surface area (Å²) in [5.74, 6) is 3.17. The second-order valence-corrected chi connectivity index (χ2v) is 6.93. The van der Waals surface area contributed by atoms with Crippen LogP contribution >= 0.6 is 0 Å². The maximum Gasteiger partial charge on any atom is 0.231 e. The third kappa shape index (κ3) is 3.68. The summed E-state index contributed by atoms with van der Waals surface area (Å²) in [4.78, 5) is 0. The number of hydrogen-bond donors (Lipinski definition) is 1. The van der Waals surface area contributed by atoms with Crippen molar-refractivity contribution in [3.05, 3.63) is 47.5 Å². The molecule has 2 aliphatic heterocycles. The highest BCUT2D eigenvalue weighted by molar-refractivity contribution is 5.45. The topological polar surface area (TPSA) is 66.4 Å². The molecular weight excluding hydrogens is 348 g/mol. The lowest BCUT2D eigenvalue weighted by Gasteiger charge is -2.21. The van der Waals surface area contributed by atoms with Crippen LogP contribution in [0.15, 0.2) is 36.4 Å². The molecule has 4 rings (SSSR count). The predicted molar refractivity (Wildman–Crippen MR) is 98.5 cm³/mol. The van der Waals surface area contributed by atoms with Crippen molar-refractivity contribution in [3.63, 3.8) is 0 Å². The molecule has 0 aliphatic carbocycles. The molecular formula is C21H24O6. The average Bonchev–Trinajstić information content (AvgIpc) is 3.29. The molecule has 2 aliphatic rings. The molecule has 1 fully saturated rings. The van der Waals surface area contributed by atoms with Crippen LogP contribution in [0.2, 0.25) is 0 Å². The zero-order valence-corrected chi connectivity index (χ0v) is 15.5. The SMILES string of the molecule is COc1ccc(C[C@@H]2[C@@H](Cc3ccc4c(c3)OCO4)CO[C@@H]2O)cc1OC. The minimum atomic E-state index is -0.767. The highest BCUT2D eigenvalue weighted by Crippen LogP contribution is 2.37. The highest BCUT2D eigenvalue weighted by Gasteiger charge is 2.36. The fraction of sp³-hybridized carbons (Fsp3) is 0.429. The maximum absolute atomic E-state index is 10.4. The van der Waals surface area contributed by atoms with Crippen LogP contribution < -0.4 is 18.9 Å². The van der Waals surface area contributed by atoms with Gasteiger partial charge in [-0.15, -0.1) is 0 Å². The van der Waals surface area contributed by atoms with Crippen molar-refractivity contribution in [1.29, 1.82) is 0 Å². The Kier molecular flexibility index (Phi) is 5.09. The van der Waals surface area contributed by atoms with Crippen molar-refractivity contribution in [3.8, 4) is 23.0 Å². The molecule has 6 nitrogen and oxygen atoms in total. The van der Waals surface area contributed by atoms with Crippen LogP contribution in [-0.2, 0) is 17.6 Å². The lowest BCUT2D eigenvalue weighted by Crippen LogP contribution is -2.24. The van der Waals surface area contributed by atoms with Crippen molar-refractivity contribution in [1.82, 2.24) is 0 Å². The number of methoxy groups -OCH3 is 2. The Labute approximate surface area is 158 Å². The zero-order chi connectivity index (χ0) is 18.8. The Balaban J connectivity index is 1.49. The minimum absolute atomic E-state index is 0.00789. The molecule has 2 heterocycles. The standard InChI is InChI=1S/C21H24O6/c1-23-17-5-3-14(9-19(17)24-2)8-16-15(11-25-21(16)22)7-13-4-6-18-20(10-13)27-12-26-18/h3-6,9-10,15-16,21-22H,7-8,11-12H2,1-2H3/t15-,16+,21-/m0/s1. The molecule has 144 valence electrons. The van der Waals surface area contributed by atoms with E-state index in [1.807, 2.05) is 36.4 Å². The molecule has 0 radical (unpaired) electrons. The van der Waals surface area contributed by atoms with E-state index in [0.29, 0.717) is 24.5 Å². The average molecular weight is 372 g/mol. The molecule has 6 heteroatoms. The van der Waals surface area contributed by atoms with Crippen LogP contribution in [0.4, 0.5) is 0 Å². The van der Waals surface area contributed by atoms with E-state index in [2.05, 4.69) is 0 Å². The van der Waals surface area contributed by atoms with Crippen molar-refractivity contribution in [2.75, 3.05) is 27.6 Å². The van der Waals surface area contributed by atoms with Gasteiger partial charge in [0.25, 0.3) is 0 Å². The molecule has 0 spiro atoms. The van der Waals surface area contributed by atoms with E-state index in [-0.39, 0.29) is 18.6 Å². The van der Waals surface area contributed by atoms with Gasteiger partial charge in [-0.25, -0.2) is 0 Å². The van der Waals surface area contributed by atoms with Crippen LogP contribution in [0.3, 0.4) is 0 Å². The fourth-order valence-corrected chi connectivity index (χ4v) is 3.83. The van der Waals surface area contributed by atoms with Crippen LogP contribution in [0.25, 0.3) is 0 Å². The van der Waals surface area contributed by atoms with Crippen LogP contribution in [0.5, 0.6) is 23.0 Å². The number of fused-ring (bicyclic) bond motifs is 1. The number of rotatable bonds is 6. The number of benzene rings is 2. The molecule has 2 aromatic carbocycles. The van der Waals surface area contributed by atoms with Crippen molar-refractivity contribution < 1.29 is 28.8 Å². The Morgan fingerprint density at radius 2 is 1.67 bits per heavy atom. The Hall–Kier alpha value is -2.44. The quantitative estimate of drug-likeness (QED) is 0.841. The molecule has 0 aromatic heterocycles. The van der Waals surface area contributed by atoms with Gasteiger partial charge in [-0.05, 0) is 54.2 Å². The van der Waals surface area contributed by atoms with Crippen LogP contribution in [0, 0.1) is 11.8 Å². The lowest BCUT2D eigenvalue weighted by molar-refractivity contribution is -0.0820. The van der Waals surface area contributed by atoms with Gasteiger partial charge in [-0.3, -0.25) is 0 Å². The van der Waals surface area contributed by atoms with E-state index >= 15 is 0 Å². The molecule has 1 saturated heterocycles. The van der Waals surface area contributed by atoms with Gasteiger partial charge in [-0.2, -0.15) is 0 Å². The summed E-state index contributed by atoms with van der Waals surface area (Å²) in [7, 11) is 3.24. The van der Waals surface area contributed by atoms with E-state index in [1.54, 1.807) is 14.2 Å². The minimum Gasteiger partial charge on any atom is -0.493 e. The summed E-state index contributed by atoms with van der Waals surface area (Å²) >= 11 is 0. The van der Waals surface area contributed by atoms with Crippen molar-refractivity contribution in [2.45, 2.75) is 19.1 Å². The monoisotopic (exact) mass is 372 g/mol. The predicted octanol–water partition coefficient (Wildman–Crippen LogP) is 2.80. The molecule has 1 N–H and O–H groups in total. The summed E-state index contributed by atoms with van der Waals surface area (Å²) in [6, 6.07) is 11.9. The maximum atomic E-state index is 10.4. The Morgan fingerprint density at radius 3 is 2.48 bits per heavy atom. The number of aliphatic hydroxyl groups is 1. The van der Waals surface area contributed by atoms with Gasteiger partial charge in [-0.1, -0.05) is 12.1 Å². The first kappa shape index (κ1) is 17.9. The van der Waals surface area contributed by atoms with Gasteiger partial charge in [0.1, 0.15) is 0 Å². The van der Waals surface area contributed by atoms with Gasteiger partial charge in [0, 0.05) is 5.92 Å². The van der Waals surface area contributed by atoms with Gasteiger partial charge >= 0.3 is 0 Å². The number of ether oxygens (including phenoxy) is 5. The molecule has 0 saturated carbocycles. The second kappa shape index (κ2) is 7.66. The fourth-order valence-electron chi connectivity index (χ4n) is 3.83. The summed E-state index contributed by atoms with van der Waals surface area (Å²) in [5.41, 5.74) is 2.23. The van der Waals surface area contributed by atoms with Gasteiger partial charge < -0.3 is 28.8 Å². The first-order chi connectivity index (χ1) is 13.2. The lowest BCUT2D eigenvalue weighted by atomic mass is 9.84. The smallest absolute Gasteiger partial charge is 0.231 e. The summed E-state index contributed by atoms with van der Waals surface area (Å²) in [5, 5.41) is 10.4.